The standard InChI is InChI=1S/C13H26N2O3/c1-12(2,3)18-11(16)15-8-6-5-7-13(9-14,10-15)17-4/h5-10,14H2,1-4H3. The first kappa shape index (κ1) is 15.2. The van der Waals surface area contributed by atoms with Gasteiger partial charge in [-0.25, -0.2) is 4.79 Å². The lowest BCUT2D eigenvalue weighted by Crippen LogP contribution is -2.51. The fourth-order valence-electron chi connectivity index (χ4n) is 2.15. The Morgan fingerprint density at radius 3 is 2.56 bits per heavy atom. The van der Waals surface area contributed by atoms with Gasteiger partial charge in [0.05, 0.1) is 12.1 Å². The van der Waals surface area contributed by atoms with Crippen LogP contribution >= 0.6 is 0 Å². The van der Waals surface area contributed by atoms with Gasteiger partial charge in [-0.1, -0.05) is 0 Å². The smallest absolute Gasteiger partial charge is 0.410 e. The van der Waals surface area contributed by atoms with E-state index in [0.717, 1.165) is 19.3 Å². The Morgan fingerprint density at radius 1 is 1.39 bits per heavy atom. The molecule has 1 aliphatic rings. The Morgan fingerprint density at radius 2 is 2.06 bits per heavy atom. The molecule has 106 valence electrons. The monoisotopic (exact) mass is 258 g/mol. The largest absolute Gasteiger partial charge is 0.444 e. The molecule has 0 aromatic heterocycles. The van der Waals surface area contributed by atoms with E-state index in [1.54, 1.807) is 12.0 Å². The maximum Gasteiger partial charge on any atom is 0.410 e. The van der Waals surface area contributed by atoms with Gasteiger partial charge in [-0.2, -0.15) is 0 Å². The number of nitrogens with two attached hydrogens (primary N) is 1. The SMILES string of the molecule is COC1(CN)CCCCN(C(=O)OC(C)(C)C)C1. The maximum absolute atomic E-state index is 12.1. The van der Waals surface area contributed by atoms with Crippen LogP contribution < -0.4 is 5.73 Å². The third-order valence-electron chi connectivity index (χ3n) is 3.25. The van der Waals surface area contributed by atoms with Crippen LogP contribution in [-0.4, -0.2) is 48.9 Å². The average Bonchev–Trinajstić information content (AvgIpc) is 2.50. The van der Waals surface area contributed by atoms with Crippen molar-refractivity contribution in [1.82, 2.24) is 4.90 Å². The number of hydrogen-bond donors (Lipinski definition) is 1. The zero-order chi connectivity index (χ0) is 13.8. The van der Waals surface area contributed by atoms with Crippen molar-refractivity contribution in [2.24, 2.45) is 5.73 Å². The van der Waals surface area contributed by atoms with Crippen LogP contribution in [0.25, 0.3) is 0 Å². The number of likely N-dealkylation sites (tertiary alicyclic amines) is 1. The Hall–Kier alpha value is -0.810. The van der Waals surface area contributed by atoms with E-state index in [9.17, 15) is 4.79 Å². The fraction of sp³-hybridized carbons (Fsp3) is 0.923. The normalized spacial score (nSPS) is 25.7. The maximum atomic E-state index is 12.1. The summed E-state index contributed by atoms with van der Waals surface area (Å²) in [6.07, 6.45) is 2.59. The second kappa shape index (κ2) is 5.89. The Balaban J connectivity index is 2.72. The molecule has 1 amide bonds. The third kappa shape index (κ3) is 4.14. The van der Waals surface area contributed by atoms with Crippen LogP contribution in [0.3, 0.4) is 0 Å². The average molecular weight is 258 g/mol. The predicted molar refractivity (Wildman–Crippen MR) is 70.5 cm³/mol. The minimum atomic E-state index is -0.470. The summed E-state index contributed by atoms with van der Waals surface area (Å²) < 4.78 is 10.9. The highest BCUT2D eigenvalue weighted by Gasteiger charge is 2.35. The summed E-state index contributed by atoms with van der Waals surface area (Å²) in [7, 11) is 1.66. The first-order chi connectivity index (χ1) is 8.32. The molecule has 1 fully saturated rings. The van der Waals surface area contributed by atoms with E-state index in [0.29, 0.717) is 19.6 Å². The van der Waals surface area contributed by atoms with Gasteiger partial charge in [0.25, 0.3) is 0 Å². The number of rotatable bonds is 2. The minimum absolute atomic E-state index is 0.278. The predicted octanol–water partition coefficient (Wildman–Crippen LogP) is 1.75. The van der Waals surface area contributed by atoms with Crippen molar-refractivity contribution in [2.45, 2.75) is 51.2 Å². The summed E-state index contributed by atoms with van der Waals surface area (Å²) in [6.45, 7) is 7.25. The lowest BCUT2D eigenvalue weighted by Gasteiger charge is -2.34. The highest BCUT2D eigenvalue weighted by atomic mass is 16.6. The molecule has 1 aliphatic heterocycles. The number of methoxy groups -OCH3 is 1. The molecule has 18 heavy (non-hydrogen) atoms. The molecular formula is C13H26N2O3. The van der Waals surface area contributed by atoms with Crippen molar-refractivity contribution in [3.8, 4) is 0 Å². The van der Waals surface area contributed by atoms with Crippen LogP contribution in [0.2, 0.25) is 0 Å². The topological polar surface area (TPSA) is 64.8 Å². The highest BCUT2D eigenvalue weighted by molar-refractivity contribution is 5.68. The van der Waals surface area contributed by atoms with Gasteiger partial charge in [-0.3, -0.25) is 0 Å². The van der Waals surface area contributed by atoms with Crippen LogP contribution in [0, 0.1) is 0 Å². The molecular weight excluding hydrogens is 232 g/mol. The molecule has 0 aromatic rings. The number of amides is 1. The molecule has 0 radical (unpaired) electrons. The zero-order valence-electron chi connectivity index (χ0n) is 12.0. The molecule has 0 aliphatic carbocycles. The van der Waals surface area contributed by atoms with Gasteiger partial charge in [0.2, 0.25) is 0 Å². The van der Waals surface area contributed by atoms with Crippen molar-refractivity contribution >= 4 is 6.09 Å². The molecule has 0 aromatic carbocycles. The summed E-state index contributed by atoms with van der Waals surface area (Å²) in [4.78, 5) is 13.8. The molecule has 1 rings (SSSR count). The molecule has 1 atom stereocenters. The molecule has 5 heteroatoms. The van der Waals surface area contributed by atoms with Gasteiger partial charge in [0.1, 0.15) is 5.60 Å². The van der Waals surface area contributed by atoms with Crippen molar-refractivity contribution in [2.75, 3.05) is 26.7 Å². The first-order valence-electron chi connectivity index (χ1n) is 6.55. The van der Waals surface area contributed by atoms with Gasteiger partial charge >= 0.3 is 6.09 Å². The molecule has 0 bridgehead atoms. The van der Waals surface area contributed by atoms with Gasteiger partial charge < -0.3 is 20.1 Å². The van der Waals surface area contributed by atoms with E-state index in [4.69, 9.17) is 15.2 Å². The van der Waals surface area contributed by atoms with E-state index in [1.165, 1.54) is 0 Å². The number of carbonyl (C=O) groups excluding carboxylic acids is 1. The lowest BCUT2D eigenvalue weighted by atomic mass is 9.98. The van der Waals surface area contributed by atoms with Crippen molar-refractivity contribution in [1.29, 1.82) is 0 Å². The summed E-state index contributed by atoms with van der Waals surface area (Å²) in [5, 5.41) is 0. The van der Waals surface area contributed by atoms with Gasteiger partial charge in [-0.05, 0) is 40.0 Å². The van der Waals surface area contributed by atoms with Crippen molar-refractivity contribution < 1.29 is 14.3 Å². The molecule has 0 spiro atoms. The second-order valence-electron chi connectivity index (χ2n) is 5.95. The quantitative estimate of drug-likeness (QED) is 0.819. The van der Waals surface area contributed by atoms with Crippen LogP contribution in [0.5, 0.6) is 0 Å². The summed E-state index contributed by atoms with van der Waals surface area (Å²) in [6, 6.07) is 0. The lowest BCUT2D eigenvalue weighted by molar-refractivity contribution is -0.0360. The van der Waals surface area contributed by atoms with Gasteiger partial charge in [0, 0.05) is 20.2 Å². The van der Waals surface area contributed by atoms with Crippen LogP contribution in [0.15, 0.2) is 0 Å². The van der Waals surface area contributed by atoms with E-state index in [2.05, 4.69) is 0 Å². The van der Waals surface area contributed by atoms with E-state index in [-0.39, 0.29) is 6.09 Å². The zero-order valence-corrected chi connectivity index (χ0v) is 12.0. The first-order valence-corrected chi connectivity index (χ1v) is 6.55. The van der Waals surface area contributed by atoms with E-state index in [1.807, 2.05) is 20.8 Å². The molecule has 2 N–H and O–H groups in total. The second-order valence-corrected chi connectivity index (χ2v) is 5.95. The molecule has 1 unspecified atom stereocenters. The summed E-state index contributed by atoms with van der Waals surface area (Å²) in [5.41, 5.74) is 4.91. The molecule has 5 nitrogen and oxygen atoms in total. The van der Waals surface area contributed by atoms with Crippen LogP contribution in [0.4, 0.5) is 4.79 Å². The summed E-state index contributed by atoms with van der Waals surface area (Å²) >= 11 is 0. The minimum Gasteiger partial charge on any atom is -0.444 e. The van der Waals surface area contributed by atoms with Crippen LogP contribution in [-0.2, 0) is 9.47 Å². The Bertz CT molecular complexity index is 282. The number of carbonyl (C=O) groups is 1. The molecule has 1 saturated heterocycles. The van der Waals surface area contributed by atoms with Gasteiger partial charge in [-0.15, -0.1) is 0 Å². The van der Waals surface area contributed by atoms with Gasteiger partial charge in [0.15, 0.2) is 0 Å². The Kier molecular flexibility index (Phi) is 4.99. The van der Waals surface area contributed by atoms with Crippen molar-refractivity contribution in [3.05, 3.63) is 0 Å². The number of nitrogens with zero attached hydrogens (tertiary/aromatic N) is 1. The third-order valence-corrected chi connectivity index (χ3v) is 3.25. The van der Waals surface area contributed by atoms with E-state index < -0.39 is 11.2 Å². The molecule has 0 saturated carbocycles. The Labute approximate surface area is 110 Å². The number of ether oxygens (including phenoxy) is 2. The summed E-state index contributed by atoms with van der Waals surface area (Å²) in [5.74, 6) is 0. The fourth-order valence-corrected chi connectivity index (χ4v) is 2.15. The molecule has 1 heterocycles. The van der Waals surface area contributed by atoms with Crippen LogP contribution in [0.1, 0.15) is 40.0 Å². The van der Waals surface area contributed by atoms with Crippen molar-refractivity contribution in [3.63, 3.8) is 0 Å². The number of hydrogen-bond acceptors (Lipinski definition) is 4. The highest BCUT2D eigenvalue weighted by Crippen LogP contribution is 2.24. The van der Waals surface area contributed by atoms with E-state index >= 15 is 0 Å².